The van der Waals surface area contributed by atoms with E-state index in [0.29, 0.717) is 6.61 Å². The molecule has 1 aromatic rings. The van der Waals surface area contributed by atoms with Crippen LogP contribution in [-0.4, -0.2) is 11.7 Å². The zero-order valence-corrected chi connectivity index (χ0v) is 9.62. The minimum Gasteiger partial charge on any atom is -0.395 e. The van der Waals surface area contributed by atoms with E-state index in [4.69, 9.17) is 0 Å². The molecule has 0 radical (unpaired) electrons. The summed E-state index contributed by atoms with van der Waals surface area (Å²) in [5, 5.41) is 9.41. The van der Waals surface area contributed by atoms with Crippen LogP contribution in [0, 0.1) is 3.57 Å². The van der Waals surface area contributed by atoms with Crippen molar-refractivity contribution in [3.8, 4) is 0 Å². The van der Waals surface area contributed by atoms with Crippen molar-refractivity contribution >= 4 is 22.6 Å². The molecular formula is C11H13IO. The van der Waals surface area contributed by atoms with Crippen LogP contribution in [0.2, 0.25) is 0 Å². The number of halogens is 1. The molecule has 70 valence electrons. The molecule has 1 aliphatic carbocycles. The lowest BCUT2D eigenvalue weighted by molar-refractivity contribution is 0.119. The predicted octanol–water partition coefficient (Wildman–Crippen LogP) is 2.71. The van der Waals surface area contributed by atoms with E-state index >= 15 is 0 Å². The van der Waals surface area contributed by atoms with E-state index in [2.05, 4.69) is 46.9 Å². The fourth-order valence-electron chi connectivity index (χ4n) is 2.01. The van der Waals surface area contributed by atoms with Crippen LogP contribution in [0.25, 0.3) is 0 Å². The fourth-order valence-corrected chi connectivity index (χ4v) is 2.97. The van der Waals surface area contributed by atoms with Gasteiger partial charge in [-0.25, -0.2) is 0 Å². The third kappa shape index (κ3) is 1.50. The van der Waals surface area contributed by atoms with Gasteiger partial charge in [0.1, 0.15) is 0 Å². The minimum absolute atomic E-state index is 0.0950. The van der Waals surface area contributed by atoms with E-state index in [1.165, 1.54) is 15.6 Å². The van der Waals surface area contributed by atoms with Crippen molar-refractivity contribution in [1.82, 2.24) is 0 Å². The summed E-state index contributed by atoms with van der Waals surface area (Å²) in [7, 11) is 0. The summed E-state index contributed by atoms with van der Waals surface area (Å²) in [5.74, 6) is 0. The van der Waals surface area contributed by atoms with Crippen LogP contribution in [0.4, 0.5) is 0 Å². The zero-order chi connectivity index (χ0) is 9.31. The Morgan fingerprint density at radius 2 is 2.00 bits per heavy atom. The maximum Gasteiger partial charge on any atom is 0.0528 e. The lowest BCUT2D eigenvalue weighted by Crippen LogP contribution is -2.38. The van der Waals surface area contributed by atoms with Gasteiger partial charge in [0.05, 0.1) is 6.61 Å². The molecule has 0 saturated heterocycles. The minimum atomic E-state index is 0.0950. The standard InChI is InChI=1S/C11H13IO/c12-10-5-2-1-4-9(10)11(8-13)6-3-7-11/h1-2,4-5,13H,3,6-8H2. The van der Waals surface area contributed by atoms with Crippen molar-refractivity contribution in [3.05, 3.63) is 33.4 Å². The maximum absolute atomic E-state index is 9.41. The van der Waals surface area contributed by atoms with Gasteiger partial charge in [-0.15, -0.1) is 0 Å². The van der Waals surface area contributed by atoms with Gasteiger partial charge in [-0.3, -0.25) is 0 Å². The summed E-state index contributed by atoms with van der Waals surface area (Å²) in [6.07, 6.45) is 3.54. The van der Waals surface area contributed by atoms with Crippen LogP contribution in [0.3, 0.4) is 0 Å². The molecule has 13 heavy (non-hydrogen) atoms. The molecular weight excluding hydrogens is 275 g/mol. The highest BCUT2D eigenvalue weighted by atomic mass is 127. The molecule has 0 bridgehead atoms. The quantitative estimate of drug-likeness (QED) is 0.830. The topological polar surface area (TPSA) is 20.2 Å². The van der Waals surface area contributed by atoms with E-state index in [-0.39, 0.29) is 5.41 Å². The molecule has 1 aromatic carbocycles. The highest BCUT2D eigenvalue weighted by molar-refractivity contribution is 14.1. The van der Waals surface area contributed by atoms with Crippen LogP contribution < -0.4 is 0 Å². The van der Waals surface area contributed by atoms with Crippen molar-refractivity contribution in [2.24, 2.45) is 0 Å². The molecule has 2 heteroatoms. The van der Waals surface area contributed by atoms with Gasteiger partial charge in [-0.05, 0) is 47.1 Å². The Balaban J connectivity index is 2.38. The Labute approximate surface area is 92.3 Å². The van der Waals surface area contributed by atoms with E-state index in [9.17, 15) is 5.11 Å². The van der Waals surface area contributed by atoms with Crippen molar-refractivity contribution in [2.75, 3.05) is 6.61 Å². The predicted molar refractivity (Wildman–Crippen MR) is 61.8 cm³/mol. The molecule has 0 aromatic heterocycles. The Hall–Kier alpha value is -0.0900. The van der Waals surface area contributed by atoms with E-state index in [1.807, 2.05) is 0 Å². The molecule has 1 nitrogen and oxygen atoms in total. The number of rotatable bonds is 2. The van der Waals surface area contributed by atoms with E-state index in [0.717, 1.165) is 12.8 Å². The molecule has 0 spiro atoms. The van der Waals surface area contributed by atoms with Gasteiger partial charge in [0.2, 0.25) is 0 Å². The second-order valence-corrected chi connectivity index (χ2v) is 4.93. The summed E-state index contributed by atoms with van der Waals surface area (Å²) in [5.41, 5.74) is 1.43. The van der Waals surface area contributed by atoms with Gasteiger partial charge >= 0.3 is 0 Å². The average Bonchev–Trinajstić information content (AvgIpc) is 2.07. The Morgan fingerprint density at radius 3 is 2.46 bits per heavy atom. The van der Waals surface area contributed by atoms with Crippen molar-refractivity contribution < 1.29 is 5.11 Å². The van der Waals surface area contributed by atoms with Crippen molar-refractivity contribution in [2.45, 2.75) is 24.7 Å². The number of hydrogen-bond acceptors (Lipinski definition) is 1. The summed E-state index contributed by atoms with van der Waals surface area (Å²) >= 11 is 2.36. The summed E-state index contributed by atoms with van der Waals surface area (Å²) < 4.78 is 1.29. The second-order valence-electron chi connectivity index (χ2n) is 3.77. The van der Waals surface area contributed by atoms with Gasteiger partial charge in [0.15, 0.2) is 0 Å². The highest BCUT2D eigenvalue weighted by Crippen LogP contribution is 2.44. The largest absolute Gasteiger partial charge is 0.395 e. The van der Waals surface area contributed by atoms with Crippen LogP contribution in [-0.2, 0) is 5.41 Å². The molecule has 2 rings (SSSR count). The van der Waals surface area contributed by atoms with Gasteiger partial charge in [0.25, 0.3) is 0 Å². The number of benzene rings is 1. The SMILES string of the molecule is OCC1(c2ccccc2I)CCC1. The Morgan fingerprint density at radius 1 is 1.31 bits per heavy atom. The van der Waals surface area contributed by atoms with E-state index < -0.39 is 0 Å². The number of aliphatic hydroxyl groups is 1. The smallest absolute Gasteiger partial charge is 0.0528 e. The lowest BCUT2D eigenvalue weighted by atomic mass is 9.65. The van der Waals surface area contributed by atoms with Gasteiger partial charge in [0, 0.05) is 8.99 Å². The van der Waals surface area contributed by atoms with Gasteiger partial charge < -0.3 is 5.11 Å². The molecule has 0 heterocycles. The zero-order valence-electron chi connectivity index (χ0n) is 7.46. The van der Waals surface area contributed by atoms with Crippen molar-refractivity contribution in [1.29, 1.82) is 0 Å². The molecule has 1 saturated carbocycles. The normalized spacial score (nSPS) is 19.5. The first kappa shape index (κ1) is 9.46. The molecule has 0 amide bonds. The van der Waals surface area contributed by atoms with Gasteiger partial charge in [-0.2, -0.15) is 0 Å². The average molecular weight is 288 g/mol. The first-order valence-corrected chi connectivity index (χ1v) is 5.72. The Bertz CT molecular complexity index is 299. The van der Waals surface area contributed by atoms with Crippen LogP contribution in [0.15, 0.2) is 24.3 Å². The van der Waals surface area contributed by atoms with E-state index in [1.54, 1.807) is 0 Å². The lowest BCUT2D eigenvalue weighted by Gasteiger charge is -2.41. The third-order valence-electron chi connectivity index (χ3n) is 3.06. The monoisotopic (exact) mass is 288 g/mol. The molecule has 0 atom stereocenters. The summed E-state index contributed by atoms with van der Waals surface area (Å²) in [6.45, 7) is 0.299. The Kier molecular flexibility index (Phi) is 2.60. The molecule has 1 fully saturated rings. The van der Waals surface area contributed by atoms with Crippen LogP contribution >= 0.6 is 22.6 Å². The molecule has 1 N–H and O–H groups in total. The number of aliphatic hydroxyl groups excluding tert-OH is 1. The maximum atomic E-state index is 9.41. The van der Waals surface area contributed by atoms with Crippen LogP contribution in [0.1, 0.15) is 24.8 Å². The molecule has 0 unspecified atom stereocenters. The molecule has 0 aliphatic heterocycles. The molecule has 1 aliphatic rings. The van der Waals surface area contributed by atoms with Crippen molar-refractivity contribution in [3.63, 3.8) is 0 Å². The third-order valence-corrected chi connectivity index (χ3v) is 4.00. The first-order valence-electron chi connectivity index (χ1n) is 4.64. The number of hydrogen-bond donors (Lipinski definition) is 1. The fraction of sp³-hybridized carbons (Fsp3) is 0.455. The highest BCUT2D eigenvalue weighted by Gasteiger charge is 2.38. The first-order chi connectivity index (χ1) is 6.28. The summed E-state index contributed by atoms with van der Waals surface area (Å²) in [4.78, 5) is 0. The van der Waals surface area contributed by atoms with Crippen LogP contribution in [0.5, 0.6) is 0 Å². The van der Waals surface area contributed by atoms with Gasteiger partial charge in [-0.1, -0.05) is 24.6 Å². The second kappa shape index (κ2) is 3.58. The summed E-state index contributed by atoms with van der Waals surface area (Å²) in [6, 6.07) is 8.38.